The second-order valence-corrected chi connectivity index (χ2v) is 14.3. The molecule has 0 aromatic rings. The van der Waals surface area contributed by atoms with Crippen molar-refractivity contribution in [1.82, 2.24) is 16.0 Å². The Kier molecular flexibility index (Phi) is 9.95. The summed E-state index contributed by atoms with van der Waals surface area (Å²) in [5, 5.41) is 10.7. The van der Waals surface area contributed by atoms with Gasteiger partial charge in [-0.15, -0.1) is 0 Å². The van der Waals surface area contributed by atoms with Crippen LogP contribution in [0.25, 0.3) is 0 Å². The van der Waals surface area contributed by atoms with Gasteiger partial charge >= 0.3 is 12.1 Å². The highest BCUT2D eigenvalue weighted by molar-refractivity contribution is 5.69. The highest BCUT2D eigenvalue weighted by Gasteiger charge is 2.63. The number of methoxy groups -OCH3 is 2. The number of rotatable bonds is 10. The molecule has 10 atom stereocenters. The molecule has 0 spiro atoms. The molecule has 0 radical (unpaired) electrons. The van der Waals surface area contributed by atoms with Gasteiger partial charge in [-0.2, -0.15) is 0 Å². The van der Waals surface area contributed by atoms with Crippen LogP contribution in [0.2, 0.25) is 0 Å². The summed E-state index contributed by atoms with van der Waals surface area (Å²) in [4.78, 5) is 24.5. The first-order valence-corrected chi connectivity index (χ1v) is 15.9. The van der Waals surface area contributed by atoms with E-state index in [9.17, 15) is 9.59 Å². The lowest BCUT2D eigenvalue weighted by molar-refractivity contribution is -0.141. The molecule has 39 heavy (non-hydrogen) atoms. The Labute approximate surface area is 237 Å². The highest BCUT2D eigenvalue weighted by atomic mass is 16.5. The van der Waals surface area contributed by atoms with Crippen LogP contribution in [-0.4, -0.2) is 57.5 Å². The molecule has 7 heteroatoms. The number of esters is 1. The standard InChI is InChI=1S/C32H57N3O4/c1-20(2)33-16-17-34-23-12-14-31(4)22(18-23)19-27(35-30(37)39-7)29-25-10-9-24(21(3)8-11-28(36)38-6)32(25,5)15-13-26(29)31/h20-27,29,33-34H,8-19H2,1-7H3,(H,35,37)/t21-,22-,23?,24-,25?,26?,27?,29?,31+,32-/m1/s1. The third kappa shape index (κ3) is 6.29. The molecule has 0 heterocycles. The zero-order valence-corrected chi connectivity index (χ0v) is 25.8. The Morgan fingerprint density at radius 1 is 0.897 bits per heavy atom. The van der Waals surface area contributed by atoms with Crippen molar-refractivity contribution in [2.24, 2.45) is 46.3 Å². The van der Waals surface area contributed by atoms with Crippen LogP contribution in [0.3, 0.4) is 0 Å². The van der Waals surface area contributed by atoms with Crippen LogP contribution in [0.15, 0.2) is 0 Å². The molecule has 4 rings (SSSR count). The van der Waals surface area contributed by atoms with Gasteiger partial charge in [0.15, 0.2) is 0 Å². The zero-order chi connectivity index (χ0) is 28.4. The van der Waals surface area contributed by atoms with Crippen molar-refractivity contribution in [3.8, 4) is 0 Å². The van der Waals surface area contributed by atoms with Crippen molar-refractivity contribution in [2.75, 3.05) is 27.3 Å². The van der Waals surface area contributed by atoms with Gasteiger partial charge in [-0.1, -0.05) is 34.6 Å². The van der Waals surface area contributed by atoms with Crippen LogP contribution in [0.5, 0.6) is 0 Å². The third-order valence-corrected chi connectivity index (χ3v) is 12.1. The van der Waals surface area contributed by atoms with Crippen molar-refractivity contribution in [1.29, 1.82) is 0 Å². The maximum Gasteiger partial charge on any atom is 0.407 e. The van der Waals surface area contributed by atoms with Crippen molar-refractivity contribution in [3.05, 3.63) is 0 Å². The first-order chi connectivity index (χ1) is 18.5. The summed E-state index contributed by atoms with van der Waals surface area (Å²) in [5.41, 5.74) is 0.599. The van der Waals surface area contributed by atoms with E-state index < -0.39 is 0 Å². The van der Waals surface area contributed by atoms with Gasteiger partial charge in [-0.3, -0.25) is 4.79 Å². The summed E-state index contributed by atoms with van der Waals surface area (Å²) in [7, 11) is 2.98. The quantitative estimate of drug-likeness (QED) is 0.246. The molecule has 0 aromatic heterocycles. The number of nitrogens with one attached hydrogen (secondary N) is 3. The summed E-state index contributed by atoms with van der Waals surface area (Å²) >= 11 is 0. The second-order valence-electron chi connectivity index (χ2n) is 14.3. The molecule has 4 aliphatic rings. The first kappa shape index (κ1) is 30.6. The average Bonchev–Trinajstić information content (AvgIpc) is 3.26. The monoisotopic (exact) mass is 547 g/mol. The van der Waals surface area contributed by atoms with E-state index in [-0.39, 0.29) is 23.5 Å². The number of hydrogen-bond donors (Lipinski definition) is 3. The minimum Gasteiger partial charge on any atom is -0.469 e. The van der Waals surface area contributed by atoms with Gasteiger partial charge in [0.1, 0.15) is 0 Å². The molecular weight excluding hydrogens is 490 g/mol. The summed E-state index contributed by atoms with van der Waals surface area (Å²) in [6.07, 6.45) is 10.9. The Morgan fingerprint density at radius 3 is 2.31 bits per heavy atom. The van der Waals surface area contributed by atoms with Crippen LogP contribution in [-0.2, 0) is 14.3 Å². The summed E-state index contributed by atoms with van der Waals surface area (Å²) in [5.74, 6) is 3.40. The van der Waals surface area contributed by atoms with Crippen LogP contribution in [0.4, 0.5) is 4.79 Å². The molecule has 1 amide bonds. The molecule has 3 N–H and O–H groups in total. The Morgan fingerprint density at radius 2 is 1.62 bits per heavy atom. The molecule has 0 aromatic carbocycles. The lowest BCUT2D eigenvalue weighted by atomic mass is 9.43. The van der Waals surface area contributed by atoms with E-state index >= 15 is 0 Å². The van der Waals surface area contributed by atoms with E-state index in [2.05, 4.69) is 50.6 Å². The number of hydrogen-bond acceptors (Lipinski definition) is 6. The topological polar surface area (TPSA) is 88.7 Å². The maximum absolute atomic E-state index is 12.6. The molecule has 0 aliphatic heterocycles. The number of carbonyl (C=O) groups excluding carboxylic acids is 2. The van der Waals surface area contributed by atoms with Crippen molar-refractivity contribution >= 4 is 12.1 Å². The minimum absolute atomic E-state index is 0.0971. The molecule has 5 unspecified atom stereocenters. The number of fused-ring (bicyclic) bond motifs is 5. The Balaban J connectivity index is 1.51. The van der Waals surface area contributed by atoms with Gasteiger partial charge in [0.2, 0.25) is 0 Å². The molecule has 0 bridgehead atoms. The predicted octanol–water partition coefficient (Wildman–Crippen LogP) is 5.53. The van der Waals surface area contributed by atoms with E-state index in [1.807, 2.05) is 0 Å². The molecule has 224 valence electrons. The van der Waals surface area contributed by atoms with Gasteiger partial charge in [0, 0.05) is 37.6 Å². The van der Waals surface area contributed by atoms with Crippen LogP contribution < -0.4 is 16.0 Å². The summed E-state index contributed by atoms with van der Waals surface area (Å²) < 4.78 is 10.1. The van der Waals surface area contributed by atoms with E-state index in [1.165, 1.54) is 59.2 Å². The van der Waals surface area contributed by atoms with E-state index in [4.69, 9.17) is 9.47 Å². The fraction of sp³-hybridized carbons (Fsp3) is 0.938. The van der Waals surface area contributed by atoms with E-state index in [1.54, 1.807) is 0 Å². The Bertz CT molecular complexity index is 851. The minimum atomic E-state index is -0.277. The largest absolute Gasteiger partial charge is 0.469 e. The van der Waals surface area contributed by atoms with E-state index in [0.717, 1.165) is 25.9 Å². The number of ether oxygens (including phenoxy) is 2. The number of amides is 1. The summed E-state index contributed by atoms with van der Waals surface area (Å²) in [6, 6.07) is 1.26. The summed E-state index contributed by atoms with van der Waals surface area (Å²) in [6.45, 7) is 13.9. The smallest absolute Gasteiger partial charge is 0.407 e. The fourth-order valence-corrected chi connectivity index (χ4v) is 10.1. The van der Waals surface area contributed by atoms with Gasteiger partial charge in [0.05, 0.1) is 14.2 Å². The van der Waals surface area contributed by atoms with Gasteiger partial charge in [-0.05, 0) is 104 Å². The average molecular weight is 548 g/mol. The molecule has 7 nitrogen and oxygen atoms in total. The molecule has 0 saturated heterocycles. The highest BCUT2D eigenvalue weighted by Crippen LogP contribution is 2.68. The van der Waals surface area contributed by atoms with Crippen molar-refractivity contribution < 1.29 is 19.1 Å². The van der Waals surface area contributed by atoms with Crippen molar-refractivity contribution in [2.45, 2.75) is 117 Å². The SMILES string of the molecule is COC(=O)CC[C@@H](C)[C@H]1CCC2C3C(NC(=O)OC)C[C@H]4CC(NCCNC(C)C)CC[C@]4(C)C3CC[C@@]21C. The Hall–Kier alpha value is -1.34. The van der Waals surface area contributed by atoms with Gasteiger partial charge in [-0.25, -0.2) is 4.79 Å². The molecule has 4 saturated carbocycles. The third-order valence-electron chi connectivity index (χ3n) is 12.1. The molecular formula is C32H57N3O4. The molecule has 4 fully saturated rings. The maximum atomic E-state index is 12.6. The normalized spacial score (nSPS) is 40.3. The lowest BCUT2D eigenvalue weighted by Crippen LogP contribution is -2.62. The van der Waals surface area contributed by atoms with Crippen LogP contribution in [0, 0.1) is 46.3 Å². The van der Waals surface area contributed by atoms with Crippen LogP contribution >= 0.6 is 0 Å². The molecule has 4 aliphatic carbocycles. The second kappa shape index (κ2) is 12.7. The number of alkyl carbamates (subject to hydrolysis) is 1. The van der Waals surface area contributed by atoms with Crippen molar-refractivity contribution in [3.63, 3.8) is 0 Å². The lowest BCUT2D eigenvalue weighted by Gasteiger charge is -2.63. The zero-order valence-electron chi connectivity index (χ0n) is 25.8. The first-order valence-electron chi connectivity index (χ1n) is 15.9. The van der Waals surface area contributed by atoms with Crippen LogP contribution in [0.1, 0.15) is 98.8 Å². The fourth-order valence-electron chi connectivity index (χ4n) is 10.1. The van der Waals surface area contributed by atoms with Gasteiger partial charge in [0.25, 0.3) is 0 Å². The predicted molar refractivity (Wildman–Crippen MR) is 155 cm³/mol. The van der Waals surface area contributed by atoms with Gasteiger partial charge < -0.3 is 25.4 Å². The number of carbonyl (C=O) groups is 2. The van der Waals surface area contributed by atoms with E-state index in [0.29, 0.717) is 59.4 Å².